The average Bonchev–Trinajstić information content (AvgIpc) is 2.37. The highest BCUT2D eigenvalue weighted by atomic mass is 79.9. The molecule has 0 spiro atoms. The zero-order valence-corrected chi connectivity index (χ0v) is 13.3. The fourth-order valence-corrected chi connectivity index (χ4v) is 3.23. The lowest BCUT2D eigenvalue weighted by Crippen LogP contribution is -2.34. The second-order valence-corrected chi connectivity index (χ2v) is 6.62. The van der Waals surface area contributed by atoms with Gasteiger partial charge in [-0.05, 0) is 43.6 Å². The monoisotopic (exact) mass is 329 g/mol. The largest absolute Gasteiger partial charge is 0.493 e. The Labute approximate surface area is 122 Å². The maximum Gasteiger partial charge on any atom is 0.124 e. The lowest BCUT2D eigenvalue weighted by Gasteiger charge is -2.29. The van der Waals surface area contributed by atoms with E-state index < -0.39 is 0 Å². The maximum absolute atomic E-state index is 5.71. The van der Waals surface area contributed by atoms with E-state index in [9.17, 15) is 0 Å². The summed E-state index contributed by atoms with van der Waals surface area (Å²) < 4.78 is 6.83. The first kappa shape index (κ1) is 14.2. The van der Waals surface area contributed by atoms with Crippen LogP contribution in [0.4, 0.5) is 0 Å². The van der Waals surface area contributed by atoms with Crippen molar-refractivity contribution in [2.75, 3.05) is 18.6 Å². The van der Waals surface area contributed by atoms with Crippen LogP contribution in [-0.2, 0) is 0 Å². The first-order valence-electron chi connectivity index (χ1n) is 6.38. The van der Waals surface area contributed by atoms with E-state index in [0.717, 1.165) is 23.2 Å². The van der Waals surface area contributed by atoms with Crippen LogP contribution in [0.5, 0.6) is 5.75 Å². The van der Waals surface area contributed by atoms with Gasteiger partial charge in [-0.15, -0.1) is 0 Å². The molecule has 0 radical (unpaired) electrons. The molecule has 2 unspecified atom stereocenters. The molecule has 1 aliphatic heterocycles. The van der Waals surface area contributed by atoms with Crippen LogP contribution in [0, 0.1) is 0 Å². The number of rotatable bonds is 5. The molecule has 0 amide bonds. The van der Waals surface area contributed by atoms with E-state index in [-0.39, 0.29) is 0 Å². The molecule has 1 N–H and O–H groups in total. The van der Waals surface area contributed by atoms with E-state index in [4.69, 9.17) is 4.74 Å². The van der Waals surface area contributed by atoms with Crippen molar-refractivity contribution in [2.24, 2.45) is 0 Å². The highest BCUT2D eigenvalue weighted by Crippen LogP contribution is 2.34. The molecule has 100 valence electrons. The standard InChI is InChI=1S/C14H20BrNOS/c1-10(6-8-18-2)16-13-5-7-17-14-4-3-11(15)9-12(13)14/h3-4,9-10,13,16H,5-8H2,1-2H3. The third-order valence-electron chi connectivity index (χ3n) is 3.25. The Balaban J connectivity index is 2.05. The Bertz CT molecular complexity index is 399. The smallest absolute Gasteiger partial charge is 0.124 e. The molecule has 4 heteroatoms. The summed E-state index contributed by atoms with van der Waals surface area (Å²) in [6.45, 7) is 3.07. The number of nitrogens with one attached hydrogen (secondary N) is 1. The molecular weight excluding hydrogens is 310 g/mol. The topological polar surface area (TPSA) is 21.3 Å². The van der Waals surface area contributed by atoms with Crippen LogP contribution in [0.1, 0.15) is 31.4 Å². The second kappa shape index (κ2) is 6.83. The maximum atomic E-state index is 5.71. The van der Waals surface area contributed by atoms with Crippen molar-refractivity contribution in [1.29, 1.82) is 0 Å². The molecule has 1 heterocycles. The summed E-state index contributed by atoms with van der Waals surface area (Å²) in [7, 11) is 0. The third-order valence-corrected chi connectivity index (χ3v) is 4.39. The highest BCUT2D eigenvalue weighted by molar-refractivity contribution is 9.10. The van der Waals surface area contributed by atoms with Gasteiger partial charge in [-0.3, -0.25) is 0 Å². The molecule has 18 heavy (non-hydrogen) atoms. The minimum atomic E-state index is 0.420. The Morgan fingerprint density at radius 1 is 1.56 bits per heavy atom. The van der Waals surface area contributed by atoms with Gasteiger partial charge in [-0.2, -0.15) is 11.8 Å². The third kappa shape index (κ3) is 3.65. The minimum absolute atomic E-state index is 0.420. The van der Waals surface area contributed by atoms with Crippen LogP contribution in [0.25, 0.3) is 0 Å². The van der Waals surface area contributed by atoms with Gasteiger partial charge in [-0.25, -0.2) is 0 Å². The number of fused-ring (bicyclic) bond motifs is 1. The van der Waals surface area contributed by atoms with E-state index >= 15 is 0 Å². The van der Waals surface area contributed by atoms with Crippen LogP contribution >= 0.6 is 27.7 Å². The molecule has 0 aliphatic carbocycles. The summed E-state index contributed by atoms with van der Waals surface area (Å²) >= 11 is 5.45. The average molecular weight is 330 g/mol. The number of hydrogen-bond acceptors (Lipinski definition) is 3. The predicted octanol–water partition coefficient (Wildman–Crippen LogP) is 4.00. The predicted molar refractivity (Wildman–Crippen MR) is 82.6 cm³/mol. The molecule has 0 aromatic heterocycles. The molecule has 1 aliphatic rings. The fraction of sp³-hybridized carbons (Fsp3) is 0.571. The van der Waals surface area contributed by atoms with Crippen molar-refractivity contribution in [3.05, 3.63) is 28.2 Å². The van der Waals surface area contributed by atoms with Crippen LogP contribution < -0.4 is 10.1 Å². The molecule has 0 saturated carbocycles. The quantitative estimate of drug-likeness (QED) is 0.882. The number of benzene rings is 1. The van der Waals surface area contributed by atoms with E-state index in [1.807, 2.05) is 17.8 Å². The first-order valence-corrected chi connectivity index (χ1v) is 8.56. The SMILES string of the molecule is CSCCC(C)NC1CCOc2ccc(Br)cc21. The number of ether oxygens (including phenoxy) is 1. The lowest BCUT2D eigenvalue weighted by atomic mass is 9.99. The van der Waals surface area contributed by atoms with Crippen LogP contribution in [0.2, 0.25) is 0 Å². The van der Waals surface area contributed by atoms with Gasteiger partial charge in [0.1, 0.15) is 5.75 Å². The number of hydrogen-bond donors (Lipinski definition) is 1. The summed E-state index contributed by atoms with van der Waals surface area (Å²) in [4.78, 5) is 0. The van der Waals surface area contributed by atoms with E-state index in [2.05, 4.69) is 46.6 Å². The molecule has 2 rings (SSSR count). The Morgan fingerprint density at radius 3 is 3.17 bits per heavy atom. The van der Waals surface area contributed by atoms with Gasteiger partial charge >= 0.3 is 0 Å². The normalized spacial score (nSPS) is 20.1. The molecule has 2 nitrogen and oxygen atoms in total. The van der Waals surface area contributed by atoms with Crippen molar-refractivity contribution in [3.8, 4) is 5.75 Å². The number of halogens is 1. The zero-order chi connectivity index (χ0) is 13.0. The second-order valence-electron chi connectivity index (χ2n) is 4.72. The summed E-state index contributed by atoms with van der Waals surface area (Å²) in [6.07, 6.45) is 4.42. The molecule has 1 aromatic rings. The molecule has 0 bridgehead atoms. The molecule has 2 atom stereocenters. The van der Waals surface area contributed by atoms with Gasteiger partial charge in [0.05, 0.1) is 6.61 Å². The summed E-state index contributed by atoms with van der Waals surface area (Å²) in [5.41, 5.74) is 1.28. The van der Waals surface area contributed by atoms with E-state index in [0.29, 0.717) is 12.1 Å². The van der Waals surface area contributed by atoms with Gasteiger partial charge in [0.25, 0.3) is 0 Å². The molecule has 0 saturated heterocycles. The van der Waals surface area contributed by atoms with E-state index in [1.165, 1.54) is 17.7 Å². The molecule has 0 fully saturated rings. The van der Waals surface area contributed by atoms with Crippen molar-refractivity contribution in [2.45, 2.75) is 31.8 Å². The van der Waals surface area contributed by atoms with Crippen LogP contribution in [0.3, 0.4) is 0 Å². The molecular formula is C14H20BrNOS. The van der Waals surface area contributed by atoms with Gasteiger partial charge in [0.2, 0.25) is 0 Å². The molecule has 1 aromatic carbocycles. The van der Waals surface area contributed by atoms with Crippen molar-refractivity contribution in [3.63, 3.8) is 0 Å². The Hall–Kier alpha value is -0.190. The van der Waals surface area contributed by atoms with Crippen molar-refractivity contribution < 1.29 is 4.74 Å². The first-order chi connectivity index (χ1) is 8.70. The van der Waals surface area contributed by atoms with Crippen molar-refractivity contribution in [1.82, 2.24) is 5.32 Å². The summed E-state index contributed by atoms with van der Waals surface area (Å²) in [5.74, 6) is 2.24. The van der Waals surface area contributed by atoms with Gasteiger partial charge < -0.3 is 10.1 Å². The number of thioether (sulfide) groups is 1. The highest BCUT2D eigenvalue weighted by Gasteiger charge is 2.22. The van der Waals surface area contributed by atoms with Gasteiger partial charge in [0, 0.05) is 28.5 Å². The van der Waals surface area contributed by atoms with Gasteiger partial charge in [-0.1, -0.05) is 15.9 Å². The Morgan fingerprint density at radius 2 is 2.39 bits per heavy atom. The van der Waals surface area contributed by atoms with E-state index in [1.54, 1.807) is 0 Å². The Kier molecular flexibility index (Phi) is 5.39. The van der Waals surface area contributed by atoms with Gasteiger partial charge in [0.15, 0.2) is 0 Å². The van der Waals surface area contributed by atoms with Crippen LogP contribution in [-0.4, -0.2) is 24.7 Å². The minimum Gasteiger partial charge on any atom is -0.493 e. The summed E-state index contributed by atoms with van der Waals surface area (Å²) in [6, 6.07) is 7.24. The lowest BCUT2D eigenvalue weighted by molar-refractivity contribution is 0.245. The summed E-state index contributed by atoms with van der Waals surface area (Å²) in [5, 5.41) is 3.72. The van der Waals surface area contributed by atoms with Crippen LogP contribution in [0.15, 0.2) is 22.7 Å². The zero-order valence-electron chi connectivity index (χ0n) is 10.9. The fourth-order valence-electron chi connectivity index (χ4n) is 2.26. The van der Waals surface area contributed by atoms with Crippen molar-refractivity contribution >= 4 is 27.7 Å².